The molecule has 0 amide bonds. The topological polar surface area (TPSA) is 0 Å². The van der Waals surface area contributed by atoms with Crippen LogP contribution < -0.4 is 0 Å². The summed E-state index contributed by atoms with van der Waals surface area (Å²) in [6.45, 7) is 6.89. The molecule has 0 aliphatic heterocycles. The molecule has 0 N–H and O–H groups in total. The van der Waals surface area contributed by atoms with Gasteiger partial charge in [-0.1, -0.05) is 75.2 Å². The Morgan fingerprint density at radius 1 is 1.00 bits per heavy atom. The predicted molar refractivity (Wildman–Crippen MR) is 65.5 cm³/mol. The Bertz CT molecular complexity index is 99.3. The third kappa shape index (κ3) is 10.4. The standard InChI is InChI=1S/C12H25Br/c1-4-5-6-7-8-9-11(2)10-12(3)13/h11-12H,4-10H2,1-3H3. The van der Waals surface area contributed by atoms with Gasteiger partial charge in [-0.15, -0.1) is 0 Å². The Balaban J connectivity index is 3.12. The van der Waals surface area contributed by atoms with Crippen molar-refractivity contribution in [3.63, 3.8) is 0 Å². The second kappa shape index (κ2) is 9.05. The van der Waals surface area contributed by atoms with Crippen molar-refractivity contribution >= 4 is 15.9 Å². The van der Waals surface area contributed by atoms with Crippen molar-refractivity contribution in [3.8, 4) is 0 Å². The van der Waals surface area contributed by atoms with Crippen molar-refractivity contribution < 1.29 is 0 Å². The van der Waals surface area contributed by atoms with Crippen molar-refractivity contribution in [2.24, 2.45) is 5.92 Å². The highest BCUT2D eigenvalue weighted by Gasteiger charge is 2.05. The lowest BCUT2D eigenvalue weighted by molar-refractivity contribution is 0.459. The number of halogens is 1. The molecule has 2 unspecified atom stereocenters. The van der Waals surface area contributed by atoms with Gasteiger partial charge in [-0.05, 0) is 12.3 Å². The average Bonchev–Trinajstić information content (AvgIpc) is 2.02. The van der Waals surface area contributed by atoms with Gasteiger partial charge in [-0.2, -0.15) is 0 Å². The van der Waals surface area contributed by atoms with Gasteiger partial charge in [0.25, 0.3) is 0 Å². The van der Waals surface area contributed by atoms with E-state index in [2.05, 4.69) is 36.7 Å². The molecule has 0 nitrogen and oxygen atoms in total. The zero-order valence-electron chi connectivity index (χ0n) is 9.48. The van der Waals surface area contributed by atoms with Crippen LogP contribution in [0.5, 0.6) is 0 Å². The number of rotatable bonds is 8. The largest absolute Gasteiger partial charge is 0.0894 e. The molecule has 0 aromatic heterocycles. The van der Waals surface area contributed by atoms with Crippen molar-refractivity contribution in [1.82, 2.24) is 0 Å². The molecule has 0 aromatic carbocycles. The van der Waals surface area contributed by atoms with Crippen molar-refractivity contribution in [1.29, 1.82) is 0 Å². The van der Waals surface area contributed by atoms with Gasteiger partial charge in [-0.3, -0.25) is 0 Å². The molecule has 0 saturated heterocycles. The summed E-state index contributed by atoms with van der Waals surface area (Å²) < 4.78 is 0. The first kappa shape index (κ1) is 13.5. The van der Waals surface area contributed by atoms with E-state index in [4.69, 9.17) is 0 Å². The molecule has 0 aliphatic rings. The van der Waals surface area contributed by atoms with E-state index in [0.29, 0.717) is 4.83 Å². The lowest BCUT2D eigenvalue weighted by Gasteiger charge is -2.12. The molecule has 0 aromatic rings. The minimum atomic E-state index is 0.693. The summed E-state index contributed by atoms with van der Waals surface area (Å²) >= 11 is 3.61. The van der Waals surface area contributed by atoms with Crippen LogP contribution in [-0.2, 0) is 0 Å². The van der Waals surface area contributed by atoms with Crippen LogP contribution in [0.4, 0.5) is 0 Å². The van der Waals surface area contributed by atoms with Gasteiger partial charge >= 0.3 is 0 Å². The van der Waals surface area contributed by atoms with Crippen LogP contribution in [0.25, 0.3) is 0 Å². The van der Waals surface area contributed by atoms with Crippen LogP contribution in [-0.4, -0.2) is 4.83 Å². The number of hydrogen-bond acceptors (Lipinski definition) is 0. The summed E-state index contributed by atoms with van der Waals surface area (Å²) in [5.41, 5.74) is 0. The van der Waals surface area contributed by atoms with Crippen LogP contribution >= 0.6 is 15.9 Å². The van der Waals surface area contributed by atoms with Crippen LogP contribution in [0.1, 0.15) is 65.7 Å². The Labute approximate surface area is 92.6 Å². The Hall–Kier alpha value is 0.480. The first-order chi connectivity index (χ1) is 6.16. The van der Waals surface area contributed by atoms with Crippen molar-refractivity contribution in [2.45, 2.75) is 70.5 Å². The lowest BCUT2D eigenvalue weighted by atomic mass is 9.98. The van der Waals surface area contributed by atoms with Crippen LogP contribution in [0.15, 0.2) is 0 Å². The second-order valence-corrected chi connectivity index (χ2v) is 5.89. The van der Waals surface area contributed by atoms with Gasteiger partial charge in [0.1, 0.15) is 0 Å². The predicted octanol–water partition coefficient (Wildman–Crippen LogP) is 5.16. The maximum atomic E-state index is 3.61. The summed E-state index contributed by atoms with van der Waals surface area (Å²) in [7, 11) is 0. The average molecular weight is 249 g/mol. The third-order valence-corrected chi connectivity index (χ3v) is 2.90. The minimum Gasteiger partial charge on any atom is -0.0894 e. The monoisotopic (exact) mass is 248 g/mol. The smallest absolute Gasteiger partial charge is 0.0120 e. The molecule has 80 valence electrons. The molecule has 0 rings (SSSR count). The van der Waals surface area contributed by atoms with Gasteiger partial charge in [0.2, 0.25) is 0 Å². The minimum absolute atomic E-state index is 0.693. The Morgan fingerprint density at radius 3 is 2.15 bits per heavy atom. The van der Waals surface area contributed by atoms with Gasteiger partial charge in [-0.25, -0.2) is 0 Å². The normalized spacial score (nSPS) is 15.7. The Morgan fingerprint density at radius 2 is 1.62 bits per heavy atom. The molecule has 2 atom stereocenters. The van der Waals surface area contributed by atoms with Crippen LogP contribution in [0, 0.1) is 5.92 Å². The van der Waals surface area contributed by atoms with Crippen molar-refractivity contribution in [2.75, 3.05) is 0 Å². The van der Waals surface area contributed by atoms with E-state index in [0.717, 1.165) is 5.92 Å². The molecule has 0 bridgehead atoms. The van der Waals surface area contributed by atoms with E-state index in [9.17, 15) is 0 Å². The molecule has 0 fully saturated rings. The highest BCUT2D eigenvalue weighted by molar-refractivity contribution is 9.09. The highest BCUT2D eigenvalue weighted by Crippen LogP contribution is 2.18. The van der Waals surface area contributed by atoms with E-state index in [-0.39, 0.29) is 0 Å². The summed E-state index contributed by atoms with van der Waals surface area (Å²) in [5.74, 6) is 0.899. The summed E-state index contributed by atoms with van der Waals surface area (Å²) in [4.78, 5) is 0.693. The van der Waals surface area contributed by atoms with Crippen LogP contribution in [0.3, 0.4) is 0 Å². The zero-order chi connectivity index (χ0) is 10.1. The second-order valence-electron chi connectivity index (χ2n) is 4.32. The zero-order valence-corrected chi connectivity index (χ0v) is 11.1. The van der Waals surface area contributed by atoms with Crippen molar-refractivity contribution in [3.05, 3.63) is 0 Å². The molecule has 0 radical (unpaired) electrons. The molecule has 0 saturated carbocycles. The SMILES string of the molecule is CCCCCCCC(C)CC(C)Br. The maximum Gasteiger partial charge on any atom is 0.0120 e. The number of unbranched alkanes of at least 4 members (excludes halogenated alkanes) is 4. The summed E-state index contributed by atoms with van der Waals surface area (Å²) in [6, 6.07) is 0. The molecule has 0 aliphatic carbocycles. The molecular formula is C12H25Br. The first-order valence-corrected chi connectivity index (χ1v) is 6.72. The van der Waals surface area contributed by atoms with Crippen LogP contribution in [0.2, 0.25) is 0 Å². The van der Waals surface area contributed by atoms with E-state index in [1.165, 1.54) is 44.9 Å². The molecule has 0 spiro atoms. The summed E-state index contributed by atoms with van der Waals surface area (Å²) in [5, 5.41) is 0. The van der Waals surface area contributed by atoms with E-state index in [1.807, 2.05) is 0 Å². The third-order valence-electron chi connectivity index (χ3n) is 2.53. The molecule has 1 heteroatoms. The fourth-order valence-electron chi connectivity index (χ4n) is 1.77. The fourth-order valence-corrected chi connectivity index (χ4v) is 2.41. The molecule has 0 heterocycles. The maximum absolute atomic E-state index is 3.61. The van der Waals surface area contributed by atoms with E-state index >= 15 is 0 Å². The van der Waals surface area contributed by atoms with Gasteiger partial charge < -0.3 is 0 Å². The van der Waals surface area contributed by atoms with Gasteiger partial charge in [0.15, 0.2) is 0 Å². The van der Waals surface area contributed by atoms with E-state index in [1.54, 1.807) is 0 Å². The Kier molecular flexibility index (Phi) is 9.39. The van der Waals surface area contributed by atoms with Gasteiger partial charge in [0.05, 0.1) is 0 Å². The van der Waals surface area contributed by atoms with Gasteiger partial charge in [0, 0.05) is 4.83 Å². The first-order valence-electron chi connectivity index (χ1n) is 5.80. The lowest BCUT2D eigenvalue weighted by Crippen LogP contribution is -2.01. The quantitative estimate of drug-likeness (QED) is 0.412. The molecular weight excluding hydrogens is 224 g/mol. The highest BCUT2D eigenvalue weighted by atomic mass is 79.9. The summed E-state index contributed by atoms with van der Waals surface area (Å²) in [6.07, 6.45) is 9.83. The molecule has 13 heavy (non-hydrogen) atoms. The number of alkyl halides is 1. The fraction of sp³-hybridized carbons (Fsp3) is 1.00. The van der Waals surface area contributed by atoms with E-state index < -0.39 is 0 Å². The number of hydrogen-bond donors (Lipinski definition) is 0.